The highest BCUT2D eigenvalue weighted by molar-refractivity contribution is 5.67. The Kier molecular flexibility index (Phi) is 8.05. The van der Waals surface area contributed by atoms with E-state index in [1.54, 1.807) is 6.07 Å². The molecule has 2 N–H and O–H groups in total. The molecular formula is C33H36FN9. The average Bonchev–Trinajstić information content (AvgIpc) is 3.66. The third-order valence-electron chi connectivity index (χ3n) is 8.69. The van der Waals surface area contributed by atoms with E-state index in [0.29, 0.717) is 23.8 Å². The van der Waals surface area contributed by atoms with Crippen LogP contribution in [0.3, 0.4) is 0 Å². The largest absolute Gasteiger partial charge is 0.356 e. The lowest BCUT2D eigenvalue weighted by Crippen LogP contribution is -2.37. The van der Waals surface area contributed by atoms with Crippen LogP contribution in [0.15, 0.2) is 65.9 Å². The number of aromatic amines is 1. The standard InChI is InChI=1S/C33H36FN9/c1-4-23-16-27(26-8-12-36-32(26)37-17-23)25-18-40-43(19-25)30(7-11-35)24-9-13-42(14-10-24)33-22(3)31(38-20-39-33)41-29-6-5-21(2)15-28(29)34/h5-6,8,12,15,17-20,24,30H,4,7,9-10,13-14,16H2,1-3H3,(H,36,37)(H,38,39,41). The molecule has 10 heteroatoms. The first-order valence-corrected chi connectivity index (χ1v) is 14.9. The van der Waals surface area contributed by atoms with Crippen LogP contribution >= 0.6 is 0 Å². The molecule has 0 radical (unpaired) electrons. The van der Waals surface area contributed by atoms with Crippen molar-refractivity contribution in [3.63, 3.8) is 0 Å². The SMILES string of the molecule is CCC1=CN=c2[nH]ccc2=C(c2cnn(C(CC#N)C3CCN(c4ncnc(Nc5ccc(C)cc5F)c4C)CC3)c2)C1. The smallest absolute Gasteiger partial charge is 0.146 e. The minimum Gasteiger partial charge on any atom is -0.356 e. The predicted molar refractivity (Wildman–Crippen MR) is 165 cm³/mol. The number of allylic oxidation sites excluding steroid dienone is 1. The van der Waals surface area contributed by atoms with Crippen molar-refractivity contribution in [2.45, 2.75) is 58.9 Å². The zero-order chi connectivity index (χ0) is 29.9. The number of H-pyrrole nitrogens is 1. The van der Waals surface area contributed by atoms with E-state index in [0.717, 1.165) is 72.0 Å². The second kappa shape index (κ2) is 12.2. The van der Waals surface area contributed by atoms with Gasteiger partial charge in [0, 0.05) is 48.0 Å². The molecular weight excluding hydrogens is 541 g/mol. The number of rotatable bonds is 8. The molecule has 6 rings (SSSR count). The number of hydrogen-bond acceptors (Lipinski definition) is 7. The van der Waals surface area contributed by atoms with Gasteiger partial charge in [-0.05, 0) is 80.4 Å². The van der Waals surface area contributed by atoms with Crippen LogP contribution in [0.2, 0.25) is 0 Å². The summed E-state index contributed by atoms with van der Waals surface area (Å²) in [5.41, 5.74) is 6.55. The van der Waals surface area contributed by atoms with Crippen molar-refractivity contribution < 1.29 is 4.39 Å². The average molecular weight is 578 g/mol. The van der Waals surface area contributed by atoms with Gasteiger partial charge in [0.25, 0.3) is 0 Å². The molecule has 1 aromatic carbocycles. The molecule has 1 unspecified atom stereocenters. The summed E-state index contributed by atoms with van der Waals surface area (Å²) in [6.45, 7) is 7.58. The minimum atomic E-state index is -0.311. The van der Waals surface area contributed by atoms with E-state index in [2.05, 4.69) is 55.4 Å². The molecule has 3 aromatic heterocycles. The Bertz CT molecular complexity index is 1820. The molecule has 9 nitrogen and oxygen atoms in total. The van der Waals surface area contributed by atoms with Crippen molar-refractivity contribution in [3.8, 4) is 6.07 Å². The quantitative estimate of drug-likeness (QED) is 0.291. The lowest BCUT2D eigenvalue weighted by atomic mass is 9.87. The van der Waals surface area contributed by atoms with E-state index in [-0.39, 0.29) is 11.9 Å². The summed E-state index contributed by atoms with van der Waals surface area (Å²) in [7, 11) is 0. The van der Waals surface area contributed by atoms with E-state index in [9.17, 15) is 9.65 Å². The van der Waals surface area contributed by atoms with Gasteiger partial charge in [0.15, 0.2) is 0 Å². The zero-order valence-corrected chi connectivity index (χ0v) is 24.8. The number of fused-ring (bicyclic) bond motifs is 1. The van der Waals surface area contributed by atoms with Gasteiger partial charge in [0.2, 0.25) is 0 Å². The van der Waals surface area contributed by atoms with Gasteiger partial charge in [-0.25, -0.2) is 19.4 Å². The van der Waals surface area contributed by atoms with E-state index in [1.165, 1.54) is 23.5 Å². The van der Waals surface area contributed by atoms with Crippen molar-refractivity contribution >= 4 is 22.9 Å². The summed E-state index contributed by atoms with van der Waals surface area (Å²) in [4.78, 5) is 19.1. The lowest BCUT2D eigenvalue weighted by molar-refractivity contribution is 0.260. The first kappa shape index (κ1) is 28.3. The normalized spacial score (nSPS) is 16.1. The number of hydrogen-bond donors (Lipinski definition) is 2. The third kappa shape index (κ3) is 5.80. The van der Waals surface area contributed by atoms with Crippen molar-refractivity contribution in [3.05, 3.63) is 94.2 Å². The number of anilines is 3. The molecule has 0 amide bonds. The highest BCUT2D eigenvalue weighted by Gasteiger charge is 2.30. The van der Waals surface area contributed by atoms with Crippen LogP contribution < -0.4 is 20.9 Å². The Balaban J connectivity index is 1.19. The van der Waals surface area contributed by atoms with Crippen molar-refractivity contribution in [1.82, 2.24) is 24.7 Å². The molecule has 1 atom stereocenters. The van der Waals surface area contributed by atoms with Gasteiger partial charge in [-0.2, -0.15) is 10.4 Å². The van der Waals surface area contributed by atoms with Gasteiger partial charge >= 0.3 is 0 Å². The van der Waals surface area contributed by atoms with Crippen molar-refractivity contribution in [2.24, 2.45) is 10.9 Å². The van der Waals surface area contributed by atoms with Gasteiger partial charge in [0.05, 0.1) is 30.4 Å². The molecule has 220 valence electrons. The van der Waals surface area contributed by atoms with E-state index in [1.807, 2.05) is 43.2 Å². The van der Waals surface area contributed by atoms with E-state index < -0.39 is 0 Å². The Morgan fingerprint density at radius 2 is 2.02 bits per heavy atom. The number of aromatic nitrogens is 5. The minimum absolute atomic E-state index is 0.0166. The van der Waals surface area contributed by atoms with Crippen LogP contribution in [0.5, 0.6) is 0 Å². The van der Waals surface area contributed by atoms with Crippen LogP contribution in [0.4, 0.5) is 21.7 Å². The van der Waals surface area contributed by atoms with Crippen LogP contribution in [0.1, 0.15) is 61.8 Å². The molecule has 0 saturated carbocycles. The van der Waals surface area contributed by atoms with Gasteiger partial charge in [-0.15, -0.1) is 0 Å². The highest BCUT2D eigenvalue weighted by Crippen LogP contribution is 2.35. The molecule has 0 aliphatic carbocycles. The van der Waals surface area contributed by atoms with E-state index >= 15 is 0 Å². The maximum atomic E-state index is 14.5. The first-order valence-electron chi connectivity index (χ1n) is 14.9. The topological polar surface area (TPSA) is 111 Å². The monoisotopic (exact) mass is 577 g/mol. The maximum absolute atomic E-state index is 14.5. The van der Waals surface area contributed by atoms with Gasteiger partial charge in [0.1, 0.15) is 29.3 Å². The molecule has 2 aliphatic rings. The molecule has 2 aliphatic heterocycles. The fraction of sp³-hybridized carbons (Fsp3) is 0.364. The van der Waals surface area contributed by atoms with Crippen LogP contribution in [-0.2, 0) is 0 Å². The Morgan fingerprint density at radius 3 is 2.79 bits per heavy atom. The number of nitrogens with one attached hydrogen (secondary N) is 2. The summed E-state index contributed by atoms with van der Waals surface area (Å²) in [6, 6.07) is 9.58. The number of piperidine rings is 1. The molecule has 43 heavy (non-hydrogen) atoms. The van der Waals surface area contributed by atoms with Gasteiger partial charge in [-0.1, -0.05) is 13.0 Å². The summed E-state index contributed by atoms with van der Waals surface area (Å²) >= 11 is 0. The Morgan fingerprint density at radius 1 is 1.19 bits per heavy atom. The third-order valence-corrected chi connectivity index (χ3v) is 8.69. The van der Waals surface area contributed by atoms with Crippen LogP contribution in [0, 0.1) is 36.9 Å². The lowest BCUT2D eigenvalue weighted by Gasteiger charge is -2.36. The molecule has 0 spiro atoms. The number of nitrogens with zero attached hydrogens (tertiary/aromatic N) is 7. The van der Waals surface area contributed by atoms with Crippen molar-refractivity contribution in [2.75, 3.05) is 23.3 Å². The molecule has 1 saturated heterocycles. The summed E-state index contributed by atoms with van der Waals surface area (Å²) < 4.78 is 16.5. The fourth-order valence-corrected chi connectivity index (χ4v) is 6.18. The molecule has 0 bridgehead atoms. The van der Waals surface area contributed by atoms with Crippen LogP contribution in [-0.4, -0.2) is 37.8 Å². The summed E-state index contributed by atoms with van der Waals surface area (Å²) in [6.07, 6.45) is 13.4. The first-order chi connectivity index (χ1) is 20.9. The number of halogens is 1. The van der Waals surface area contributed by atoms with Gasteiger partial charge < -0.3 is 15.2 Å². The second-order valence-corrected chi connectivity index (χ2v) is 11.4. The summed E-state index contributed by atoms with van der Waals surface area (Å²) in [5, 5.41) is 18.8. The van der Waals surface area contributed by atoms with Gasteiger partial charge in [-0.3, -0.25) is 4.68 Å². The number of aryl methyl sites for hydroxylation is 1. The molecule has 1 fully saturated rings. The molecule has 4 aromatic rings. The number of nitriles is 1. The van der Waals surface area contributed by atoms with E-state index in [4.69, 9.17) is 5.10 Å². The Labute approximate surface area is 250 Å². The molecule has 5 heterocycles. The maximum Gasteiger partial charge on any atom is 0.146 e. The second-order valence-electron chi connectivity index (χ2n) is 11.4. The zero-order valence-electron chi connectivity index (χ0n) is 24.8. The fourth-order valence-electron chi connectivity index (χ4n) is 6.18. The Hall–Kier alpha value is -4.78. The number of benzene rings is 1. The predicted octanol–water partition coefficient (Wildman–Crippen LogP) is 5.39. The van der Waals surface area contributed by atoms with Crippen LogP contribution in [0.25, 0.3) is 5.57 Å². The van der Waals surface area contributed by atoms with Crippen molar-refractivity contribution in [1.29, 1.82) is 5.26 Å². The summed E-state index contributed by atoms with van der Waals surface area (Å²) in [5.74, 6) is 1.43. The highest BCUT2D eigenvalue weighted by atomic mass is 19.1.